The van der Waals surface area contributed by atoms with E-state index in [-0.39, 0.29) is 19.6 Å². The van der Waals surface area contributed by atoms with Crippen molar-refractivity contribution in [2.75, 3.05) is 13.1 Å². The fourth-order valence-electron chi connectivity index (χ4n) is 3.02. The van der Waals surface area contributed by atoms with Crippen molar-refractivity contribution in [3.63, 3.8) is 0 Å². The molecule has 2 heterocycles. The van der Waals surface area contributed by atoms with Crippen LogP contribution in [-0.4, -0.2) is 45.0 Å². The van der Waals surface area contributed by atoms with Crippen LogP contribution in [-0.2, 0) is 11.3 Å². The van der Waals surface area contributed by atoms with Crippen molar-refractivity contribution >= 4 is 5.97 Å². The molecule has 1 N–H and O–H groups in total. The van der Waals surface area contributed by atoms with Crippen LogP contribution in [0.2, 0.25) is 0 Å². The van der Waals surface area contributed by atoms with Gasteiger partial charge in [0.2, 0.25) is 0 Å². The van der Waals surface area contributed by atoms with E-state index < -0.39 is 24.0 Å². The van der Waals surface area contributed by atoms with Crippen molar-refractivity contribution in [1.29, 1.82) is 0 Å². The number of alkyl halides is 3. The lowest BCUT2D eigenvalue weighted by atomic mass is 9.96. The fraction of sp³-hybridized carbons (Fsp3) is 0.375. The summed E-state index contributed by atoms with van der Waals surface area (Å²) in [6.45, 7) is -0.184. The number of nitrogens with zero attached hydrogens (tertiary/aromatic N) is 3. The largest absolute Gasteiger partial charge is 0.481 e. The van der Waals surface area contributed by atoms with Gasteiger partial charge in [-0.2, -0.15) is 18.3 Å². The minimum atomic E-state index is -4.51. The molecule has 1 aromatic carbocycles. The second-order valence-electron chi connectivity index (χ2n) is 5.92. The van der Waals surface area contributed by atoms with Gasteiger partial charge in [-0.1, -0.05) is 18.2 Å². The second-order valence-corrected chi connectivity index (χ2v) is 5.92. The molecule has 3 rings (SSSR count). The Kier molecular flexibility index (Phi) is 4.31. The van der Waals surface area contributed by atoms with Gasteiger partial charge in [-0.25, -0.2) is 4.68 Å². The van der Waals surface area contributed by atoms with Crippen molar-refractivity contribution in [3.8, 4) is 5.69 Å². The van der Waals surface area contributed by atoms with Crippen LogP contribution in [0.15, 0.2) is 42.7 Å². The summed E-state index contributed by atoms with van der Waals surface area (Å²) in [5, 5.41) is 13.2. The number of likely N-dealkylation sites (tertiary alicyclic amines) is 1. The number of rotatable bonds is 4. The number of carboxylic acid groups (broad SMARTS) is 1. The highest BCUT2D eigenvalue weighted by Crippen LogP contribution is 2.38. The summed E-state index contributed by atoms with van der Waals surface area (Å²) >= 11 is 0. The molecular weight excluding hydrogens is 323 g/mol. The van der Waals surface area contributed by atoms with Crippen LogP contribution in [0.4, 0.5) is 13.2 Å². The molecule has 2 atom stereocenters. The molecule has 0 amide bonds. The first kappa shape index (κ1) is 16.5. The Bertz CT molecular complexity index is 715. The van der Waals surface area contributed by atoms with Crippen LogP contribution in [0, 0.1) is 11.8 Å². The molecule has 0 aliphatic carbocycles. The molecule has 0 unspecified atom stereocenters. The molecule has 2 aromatic rings. The molecule has 1 aliphatic rings. The number of hydrogen-bond donors (Lipinski definition) is 1. The molecule has 0 saturated carbocycles. The van der Waals surface area contributed by atoms with Crippen LogP contribution >= 0.6 is 0 Å². The lowest BCUT2D eigenvalue weighted by molar-refractivity contribution is -0.188. The van der Waals surface area contributed by atoms with Gasteiger partial charge in [0.1, 0.15) is 0 Å². The van der Waals surface area contributed by atoms with Crippen molar-refractivity contribution < 1.29 is 23.1 Å². The predicted octanol–water partition coefficient (Wildman–Crippen LogP) is 2.57. The van der Waals surface area contributed by atoms with Crippen LogP contribution in [0.3, 0.4) is 0 Å². The molecular formula is C16H16F3N3O2. The Balaban J connectivity index is 1.71. The standard InChI is InChI=1S/C16H16F3N3O2/c17-16(18,19)14-10-21(9-13(14)15(23)24)7-11-6-20-22(8-11)12-4-2-1-3-5-12/h1-6,8,13-14H,7,9-10H2,(H,23,24)/t13-,14-/m1/s1. The van der Waals surface area contributed by atoms with Crippen LogP contribution < -0.4 is 0 Å². The lowest BCUT2D eigenvalue weighted by Gasteiger charge is -2.18. The smallest absolute Gasteiger partial charge is 0.393 e. The van der Waals surface area contributed by atoms with Gasteiger partial charge in [0.25, 0.3) is 0 Å². The van der Waals surface area contributed by atoms with Crippen molar-refractivity contribution in [2.24, 2.45) is 11.8 Å². The van der Waals surface area contributed by atoms with Crippen molar-refractivity contribution in [3.05, 3.63) is 48.3 Å². The highest BCUT2D eigenvalue weighted by molar-refractivity contribution is 5.71. The predicted molar refractivity (Wildman–Crippen MR) is 79.5 cm³/mol. The SMILES string of the molecule is O=C(O)[C@@H]1CN(Cc2cnn(-c3ccccc3)c2)C[C@H]1C(F)(F)F. The Morgan fingerprint density at radius 2 is 1.96 bits per heavy atom. The number of halogens is 3. The Morgan fingerprint density at radius 1 is 1.25 bits per heavy atom. The van der Waals surface area contributed by atoms with E-state index in [2.05, 4.69) is 5.10 Å². The third-order valence-electron chi connectivity index (χ3n) is 4.20. The zero-order valence-corrected chi connectivity index (χ0v) is 12.6. The molecule has 1 saturated heterocycles. The normalized spacial score (nSPS) is 22.0. The maximum absolute atomic E-state index is 13.0. The quantitative estimate of drug-likeness (QED) is 0.930. The summed E-state index contributed by atoms with van der Waals surface area (Å²) in [6, 6.07) is 9.34. The molecule has 0 bridgehead atoms. The van der Waals surface area contributed by atoms with Gasteiger partial charge in [0.15, 0.2) is 0 Å². The molecule has 5 nitrogen and oxygen atoms in total. The third kappa shape index (κ3) is 3.43. The van der Waals surface area contributed by atoms with E-state index in [9.17, 15) is 18.0 Å². The van der Waals surface area contributed by atoms with E-state index in [0.29, 0.717) is 0 Å². The van der Waals surface area contributed by atoms with E-state index in [1.54, 1.807) is 17.1 Å². The topological polar surface area (TPSA) is 58.4 Å². The maximum Gasteiger partial charge on any atom is 0.393 e. The monoisotopic (exact) mass is 339 g/mol. The number of para-hydroxylation sites is 1. The van der Waals surface area contributed by atoms with Gasteiger partial charge >= 0.3 is 12.1 Å². The molecule has 0 spiro atoms. The molecule has 0 radical (unpaired) electrons. The summed E-state index contributed by atoms with van der Waals surface area (Å²) in [7, 11) is 0. The minimum Gasteiger partial charge on any atom is -0.481 e. The van der Waals surface area contributed by atoms with E-state index in [1.165, 1.54) is 4.90 Å². The maximum atomic E-state index is 13.0. The molecule has 24 heavy (non-hydrogen) atoms. The number of hydrogen-bond acceptors (Lipinski definition) is 3. The summed E-state index contributed by atoms with van der Waals surface area (Å²) in [5.74, 6) is -4.66. The van der Waals surface area contributed by atoms with Gasteiger partial charge in [0.05, 0.1) is 23.7 Å². The Labute approximate surface area is 136 Å². The summed E-state index contributed by atoms with van der Waals surface area (Å²) < 4.78 is 40.6. The van der Waals surface area contributed by atoms with Gasteiger partial charge in [-0.3, -0.25) is 9.69 Å². The molecule has 8 heteroatoms. The number of aliphatic carboxylic acids is 1. The highest BCUT2D eigenvalue weighted by Gasteiger charge is 2.52. The van der Waals surface area contributed by atoms with Crippen molar-refractivity contribution in [2.45, 2.75) is 12.7 Å². The zero-order chi connectivity index (χ0) is 17.3. The third-order valence-corrected chi connectivity index (χ3v) is 4.20. The van der Waals surface area contributed by atoms with Crippen LogP contribution in [0.1, 0.15) is 5.56 Å². The lowest BCUT2D eigenvalue weighted by Crippen LogP contribution is -2.33. The van der Waals surface area contributed by atoms with Crippen LogP contribution in [0.5, 0.6) is 0 Å². The fourth-order valence-corrected chi connectivity index (χ4v) is 3.02. The molecule has 1 aliphatic heterocycles. The minimum absolute atomic E-state index is 0.115. The van der Waals surface area contributed by atoms with Gasteiger partial charge in [-0.15, -0.1) is 0 Å². The number of carbonyl (C=O) groups is 1. The summed E-state index contributed by atoms with van der Waals surface area (Å²) in [5.41, 5.74) is 1.59. The first-order valence-electron chi connectivity index (χ1n) is 7.45. The highest BCUT2D eigenvalue weighted by atomic mass is 19.4. The number of carboxylic acids is 1. The molecule has 128 valence electrons. The van der Waals surface area contributed by atoms with E-state index >= 15 is 0 Å². The second kappa shape index (κ2) is 6.27. The van der Waals surface area contributed by atoms with Crippen molar-refractivity contribution in [1.82, 2.24) is 14.7 Å². The average molecular weight is 339 g/mol. The van der Waals surface area contributed by atoms with E-state index in [1.807, 2.05) is 30.3 Å². The van der Waals surface area contributed by atoms with Gasteiger partial charge in [-0.05, 0) is 12.1 Å². The van der Waals surface area contributed by atoms with E-state index in [4.69, 9.17) is 5.11 Å². The van der Waals surface area contributed by atoms with Gasteiger partial charge in [0, 0.05) is 31.4 Å². The first-order valence-corrected chi connectivity index (χ1v) is 7.45. The average Bonchev–Trinajstić information content (AvgIpc) is 3.15. The number of aromatic nitrogens is 2. The Morgan fingerprint density at radius 3 is 2.54 bits per heavy atom. The Hall–Kier alpha value is -2.35. The first-order chi connectivity index (χ1) is 11.3. The summed E-state index contributed by atoms with van der Waals surface area (Å²) in [6.07, 6.45) is -1.18. The summed E-state index contributed by atoms with van der Waals surface area (Å²) in [4.78, 5) is 12.6. The molecule has 1 aromatic heterocycles. The van der Waals surface area contributed by atoms with E-state index in [0.717, 1.165) is 11.3 Å². The zero-order valence-electron chi connectivity index (χ0n) is 12.6. The van der Waals surface area contributed by atoms with Gasteiger partial charge < -0.3 is 5.11 Å². The molecule has 1 fully saturated rings. The van der Waals surface area contributed by atoms with Crippen LogP contribution in [0.25, 0.3) is 5.69 Å². The number of benzene rings is 1.